The number of nitrogens with one attached hydrogen (secondary N) is 1. The fourth-order valence-electron chi connectivity index (χ4n) is 3.01. The van der Waals surface area contributed by atoms with E-state index in [9.17, 15) is 4.79 Å². The molecule has 1 aliphatic rings. The number of fused-ring (bicyclic) bond motifs is 1. The zero-order valence-corrected chi connectivity index (χ0v) is 13.6. The lowest BCUT2D eigenvalue weighted by Crippen LogP contribution is -2.45. The van der Waals surface area contributed by atoms with Gasteiger partial charge in [0, 0.05) is 24.4 Å². The molecule has 0 aliphatic carbocycles. The van der Waals surface area contributed by atoms with Gasteiger partial charge < -0.3 is 15.3 Å². The molecule has 2 N–H and O–H groups in total. The third-order valence-corrected chi connectivity index (χ3v) is 5.46. The lowest BCUT2D eigenvalue weighted by molar-refractivity contribution is 0.136. The lowest BCUT2D eigenvalue weighted by atomic mass is 9.98. The normalized spacial score (nSPS) is 17.6. The smallest absolute Gasteiger partial charge is 0.317 e. The molecule has 0 radical (unpaired) electrons. The van der Waals surface area contributed by atoms with Crippen LogP contribution in [0.2, 0.25) is 0 Å². The fourth-order valence-corrected chi connectivity index (χ4v) is 4.06. The van der Waals surface area contributed by atoms with E-state index in [1.807, 2.05) is 24.0 Å². The minimum atomic E-state index is -0.000768. The lowest BCUT2D eigenvalue weighted by Gasteiger charge is -2.32. The molecule has 22 heavy (non-hydrogen) atoms. The molecule has 1 fully saturated rings. The first-order chi connectivity index (χ1) is 10.7. The Balaban J connectivity index is 1.64. The van der Waals surface area contributed by atoms with E-state index in [4.69, 9.17) is 5.11 Å². The van der Waals surface area contributed by atoms with E-state index in [2.05, 4.69) is 22.8 Å². The monoisotopic (exact) mass is 318 g/mol. The molecule has 1 saturated heterocycles. The number of amides is 2. The highest BCUT2D eigenvalue weighted by atomic mass is 32.1. The molecular formula is C17H22N2O2S. The van der Waals surface area contributed by atoms with Crippen LogP contribution in [-0.2, 0) is 0 Å². The molecule has 1 atom stereocenters. The summed E-state index contributed by atoms with van der Waals surface area (Å²) in [5, 5.41) is 15.6. The Morgan fingerprint density at radius 2 is 2.14 bits per heavy atom. The molecule has 1 aromatic carbocycles. The Morgan fingerprint density at radius 3 is 2.86 bits per heavy atom. The summed E-state index contributed by atoms with van der Waals surface area (Å²) in [4.78, 5) is 14.2. The van der Waals surface area contributed by atoms with Crippen molar-refractivity contribution >= 4 is 27.5 Å². The average Bonchev–Trinajstić information content (AvgIpc) is 2.99. The number of benzene rings is 1. The van der Waals surface area contributed by atoms with E-state index in [1.54, 1.807) is 11.3 Å². The number of rotatable bonds is 3. The van der Waals surface area contributed by atoms with Crippen LogP contribution >= 0.6 is 11.3 Å². The third-order valence-electron chi connectivity index (χ3n) is 4.48. The molecule has 2 aromatic rings. The van der Waals surface area contributed by atoms with Crippen molar-refractivity contribution in [1.82, 2.24) is 10.2 Å². The van der Waals surface area contributed by atoms with E-state index in [1.165, 1.54) is 15.6 Å². The Morgan fingerprint density at radius 1 is 1.41 bits per heavy atom. The fraction of sp³-hybridized carbons (Fsp3) is 0.471. The molecule has 1 aromatic heterocycles. The first-order valence-electron chi connectivity index (χ1n) is 7.81. The Hall–Kier alpha value is -1.59. The topological polar surface area (TPSA) is 52.6 Å². The molecule has 118 valence electrons. The molecule has 5 heteroatoms. The second kappa shape index (κ2) is 6.67. The number of urea groups is 1. The highest BCUT2D eigenvalue weighted by Crippen LogP contribution is 2.30. The first kappa shape index (κ1) is 15.3. The maximum atomic E-state index is 12.4. The molecule has 4 nitrogen and oxygen atoms in total. The molecule has 0 unspecified atom stereocenters. The molecular weight excluding hydrogens is 296 g/mol. The van der Waals surface area contributed by atoms with Crippen LogP contribution in [0.5, 0.6) is 0 Å². The van der Waals surface area contributed by atoms with Gasteiger partial charge in [-0.1, -0.05) is 18.2 Å². The summed E-state index contributed by atoms with van der Waals surface area (Å²) in [6.07, 6.45) is 1.78. The van der Waals surface area contributed by atoms with Crippen molar-refractivity contribution in [2.75, 3.05) is 19.7 Å². The minimum Gasteiger partial charge on any atom is -0.396 e. The van der Waals surface area contributed by atoms with Gasteiger partial charge in [-0.2, -0.15) is 0 Å². The number of hydrogen-bond donors (Lipinski definition) is 2. The second-order valence-electron chi connectivity index (χ2n) is 5.97. The average molecular weight is 318 g/mol. The Bertz CT molecular complexity index is 647. The SMILES string of the molecule is C[C@@H](NC(=O)N1CCC(CO)CC1)c1csc2ccccc12. The van der Waals surface area contributed by atoms with E-state index in [0.29, 0.717) is 5.92 Å². The van der Waals surface area contributed by atoms with Gasteiger partial charge in [0.2, 0.25) is 0 Å². The van der Waals surface area contributed by atoms with Crippen molar-refractivity contribution in [2.24, 2.45) is 5.92 Å². The molecule has 0 spiro atoms. The van der Waals surface area contributed by atoms with Crippen LogP contribution in [0.25, 0.3) is 10.1 Å². The van der Waals surface area contributed by atoms with Gasteiger partial charge >= 0.3 is 6.03 Å². The maximum Gasteiger partial charge on any atom is 0.317 e. The largest absolute Gasteiger partial charge is 0.396 e. The van der Waals surface area contributed by atoms with Crippen LogP contribution < -0.4 is 5.32 Å². The van der Waals surface area contributed by atoms with Gasteiger partial charge in [0.1, 0.15) is 0 Å². The molecule has 0 bridgehead atoms. The van der Waals surface area contributed by atoms with Gasteiger partial charge in [-0.25, -0.2) is 4.79 Å². The number of aliphatic hydroxyl groups excluding tert-OH is 1. The second-order valence-corrected chi connectivity index (χ2v) is 6.88. The predicted octanol–water partition coefficient (Wildman–Crippen LogP) is 3.38. The van der Waals surface area contributed by atoms with Crippen molar-refractivity contribution in [3.63, 3.8) is 0 Å². The predicted molar refractivity (Wildman–Crippen MR) is 90.2 cm³/mol. The molecule has 3 rings (SSSR count). The number of piperidine rings is 1. The summed E-state index contributed by atoms with van der Waals surface area (Å²) in [6.45, 7) is 3.72. The van der Waals surface area contributed by atoms with Crippen LogP contribution in [0.4, 0.5) is 4.79 Å². The number of nitrogens with zero attached hydrogens (tertiary/aromatic N) is 1. The van der Waals surface area contributed by atoms with E-state index in [-0.39, 0.29) is 18.7 Å². The van der Waals surface area contributed by atoms with Crippen LogP contribution in [0, 0.1) is 5.92 Å². The molecule has 0 saturated carbocycles. The standard InChI is InChI=1S/C17H22N2O2S/c1-12(15-11-22-16-5-3-2-4-14(15)16)18-17(21)19-8-6-13(10-20)7-9-19/h2-5,11-13,20H,6-10H2,1H3,(H,18,21)/t12-/m1/s1. The van der Waals surface area contributed by atoms with Crippen molar-refractivity contribution in [3.05, 3.63) is 35.2 Å². The summed E-state index contributed by atoms with van der Waals surface area (Å²) in [7, 11) is 0. The summed E-state index contributed by atoms with van der Waals surface area (Å²) >= 11 is 1.72. The Kier molecular flexibility index (Phi) is 4.64. The summed E-state index contributed by atoms with van der Waals surface area (Å²) in [5.74, 6) is 0.349. The van der Waals surface area contributed by atoms with Gasteiger partial charge in [-0.3, -0.25) is 0 Å². The quantitative estimate of drug-likeness (QED) is 0.911. The van der Waals surface area contributed by atoms with Crippen molar-refractivity contribution in [3.8, 4) is 0 Å². The van der Waals surface area contributed by atoms with Gasteiger partial charge in [-0.05, 0) is 48.1 Å². The molecule has 2 amide bonds. The van der Waals surface area contributed by atoms with E-state index >= 15 is 0 Å². The highest BCUT2D eigenvalue weighted by Gasteiger charge is 2.23. The summed E-state index contributed by atoms with van der Waals surface area (Å²) < 4.78 is 1.25. The van der Waals surface area contributed by atoms with Crippen molar-refractivity contribution in [2.45, 2.75) is 25.8 Å². The minimum absolute atomic E-state index is 0.000727. The zero-order chi connectivity index (χ0) is 15.5. The summed E-state index contributed by atoms with van der Waals surface area (Å²) in [5.41, 5.74) is 1.18. The number of hydrogen-bond acceptors (Lipinski definition) is 3. The van der Waals surface area contributed by atoms with Crippen LogP contribution in [0.15, 0.2) is 29.6 Å². The molecule has 1 aliphatic heterocycles. The van der Waals surface area contributed by atoms with E-state index < -0.39 is 0 Å². The third kappa shape index (κ3) is 3.10. The Labute approximate surface area is 134 Å². The summed E-state index contributed by atoms with van der Waals surface area (Å²) in [6, 6.07) is 8.29. The van der Waals surface area contributed by atoms with Crippen molar-refractivity contribution in [1.29, 1.82) is 0 Å². The van der Waals surface area contributed by atoms with Gasteiger partial charge in [0.15, 0.2) is 0 Å². The van der Waals surface area contributed by atoms with Gasteiger partial charge in [0.25, 0.3) is 0 Å². The van der Waals surface area contributed by atoms with Crippen LogP contribution in [0.1, 0.15) is 31.4 Å². The van der Waals surface area contributed by atoms with Crippen molar-refractivity contribution < 1.29 is 9.90 Å². The van der Waals surface area contributed by atoms with Crippen LogP contribution in [0.3, 0.4) is 0 Å². The van der Waals surface area contributed by atoms with Gasteiger partial charge in [0.05, 0.1) is 6.04 Å². The van der Waals surface area contributed by atoms with E-state index in [0.717, 1.165) is 25.9 Å². The zero-order valence-electron chi connectivity index (χ0n) is 12.8. The van der Waals surface area contributed by atoms with Gasteiger partial charge in [-0.15, -0.1) is 11.3 Å². The number of carbonyl (C=O) groups excluding carboxylic acids is 1. The highest BCUT2D eigenvalue weighted by molar-refractivity contribution is 7.17. The first-order valence-corrected chi connectivity index (χ1v) is 8.69. The maximum absolute atomic E-state index is 12.4. The van der Waals surface area contributed by atoms with Crippen LogP contribution in [-0.4, -0.2) is 35.7 Å². The number of aliphatic hydroxyl groups is 1. The number of carbonyl (C=O) groups is 1. The number of thiophene rings is 1. The number of likely N-dealkylation sites (tertiary alicyclic amines) is 1. The molecule has 2 heterocycles.